The number of amides is 1. The highest BCUT2D eigenvalue weighted by Crippen LogP contribution is 2.24. The maximum Gasteiger partial charge on any atom is 0.280 e. The average Bonchev–Trinajstić information content (AvgIpc) is 2.74. The van der Waals surface area contributed by atoms with Gasteiger partial charge >= 0.3 is 0 Å². The molecule has 0 aliphatic carbocycles. The van der Waals surface area contributed by atoms with Crippen molar-refractivity contribution >= 4 is 5.91 Å². The lowest BCUT2D eigenvalue weighted by Gasteiger charge is -2.35. The van der Waals surface area contributed by atoms with E-state index in [4.69, 9.17) is 4.74 Å². The first kappa shape index (κ1) is 19.7. The van der Waals surface area contributed by atoms with Crippen molar-refractivity contribution in [2.45, 2.75) is 44.9 Å². The number of carbonyl (C=O) groups is 1. The molecule has 154 valence electrons. The summed E-state index contributed by atoms with van der Waals surface area (Å²) in [5.41, 5.74) is 1.32. The van der Waals surface area contributed by atoms with Gasteiger partial charge in [-0.2, -0.15) is 0 Å². The minimum Gasteiger partial charge on any atom is -0.363 e. The Morgan fingerprint density at radius 2 is 1.93 bits per heavy atom. The van der Waals surface area contributed by atoms with Gasteiger partial charge in [0.25, 0.3) is 17.9 Å². The summed E-state index contributed by atoms with van der Waals surface area (Å²) in [7, 11) is 0. The third-order valence-electron chi connectivity index (χ3n) is 5.74. The third kappa shape index (κ3) is 4.37. The molecule has 0 N–H and O–H groups in total. The molecule has 0 saturated carbocycles. The number of nitrogens with zero attached hydrogens (tertiary/aromatic N) is 3. The van der Waals surface area contributed by atoms with Crippen molar-refractivity contribution in [1.29, 1.82) is 0 Å². The van der Waals surface area contributed by atoms with Gasteiger partial charge in [-0.05, 0) is 29.9 Å². The van der Waals surface area contributed by atoms with E-state index in [0.29, 0.717) is 32.7 Å². The van der Waals surface area contributed by atoms with Crippen molar-refractivity contribution < 1.29 is 18.3 Å². The fourth-order valence-corrected chi connectivity index (χ4v) is 4.02. The van der Waals surface area contributed by atoms with Crippen molar-refractivity contribution in [3.8, 4) is 0 Å². The molecule has 2 aliphatic rings. The molecular weight excluding hydrogens is 380 g/mol. The maximum absolute atomic E-state index is 12.8. The monoisotopic (exact) mass is 403 g/mol. The van der Waals surface area contributed by atoms with E-state index in [1.165, 1.54) is 10.9 Å². The molecule has 3 heterocycles. The third-order valence-corrected chi connectivity index (χ3v) is 5.74. The van der Waals surface area contributed by atoms with Crippen LogP contribution in [-0.2, 0) is 29.1 Å². The standard InChI is InChI=1S/C21H23F2N3O3/c22-20(23)17-10-19(27)26(13-24-17)11-14-5-7-25(8-6-14)21(28)18-9-15-3-1-2-4-16(15)12-29-18/h1-4,10,13-14,18,20H,5-9,11-12H2. The topological polar surface area (TPSA) is 64.4 Å². The first-order chi connectivity index (χ1) is 14.0. The van der Waals surface area contributed by atoms with E-state index in [9.17, 15) is 18.4 Å². The molecule has 1 fully saturated rings. The van der Waals surface area contributed by atoms with Gasteiger partial charge in [0.15, 0.2) is 0 Å². The number of hydrogen-bond donors (Lipinski definition) is 0. The summed E-state index contributed by atoms with van der Waals surface area (Å²) in [5, 5.41) is 0. The molecule has 0 spiro atoms. The van der Waals surface area contributed by atoms with Crippen molar-refractivity contribution in [2.24, 2.45) is 5.92 Å². The molecule has 1 unspecified atom stereocenters. The quantitative estimate of drug-likeness (QED) is 0.787. The number of rotatable bonds is 4. The van der Waals surface area contributed by atoms with Gasteiger partial charge in [-0.15, -0.1) is 0 Å². The highest BCUT2D eigenvalue weighted by Gasteiger charge is 2.31. The van der Waals surface area contributed by atoms with Crippen LogP contribution in [0.1, 0.15) is 36.1 Å². The van der Waals surface area contributed by atoms with Crippen LogP contribution < -0.4 is 5.56 Å². The second-order valence-electron chi connectivity index (χ2n) is 7.65. The highest BCUT2D eigenvalue weighted by molar-refractivity contribution is 5.81. The Balaban J connectivity index is 1.32. The predicted octanol–water partition coefficient (Wildman–Crippen LogP) is 2.56. The number of alkyl halides is 2. The van der Waals surface area contributed by atoms with Gasteiger partial charge in [-0.3, -0.25) is 14.2 Å². The minimum absolute atomic E-state index is 0.0121. The Hall–Kier alpha value is -2.61. The van der Waals surface area contributed by atoms with E-state index in [1.54, 1.807) is 0 Å². The smallest absolute Gasteiger partial charge is 0.280 e. The molecule has 1 amide bonds. The van der Waals surface area contributed by atoms with Crippen LogP contribution >= 0.6 is 0 Å². The fraction of sp³-hybridized carbons (Fsp3) is 0.476. The van der Waals surface area contributed by atoms with Crippen LogP contribution in [0.15, 0.2) is 41.5 Å². The number of benzene rings is 1. The number of halogens is 2. The molecule has 1 aromatic heterocycles. The summed E-state index contributed by atoms with van der Waals surface area (Å²) in [5.74, 6) is 0.210. The lowest BCUT2D eigenvalue weighted by molar-refractivity contribution is -0.147. The predicted molar refractivity (Wildman–Crippen MR) is 101 cm³/mol. The van der Waals surface area contributed by atoms with Gasteiger partial charge in [-0.25, -0.2) is 13.8 Å². The zero-order valence-corrected chi connectivity index (χ0v) is 16.0. The van der Waals surface area contributed by atoms with Crippen LogP contribution in [0.25, 0.3) is 0 Å². The fourth-order valence-electron chi connectivity index (χ4n) is 4.02. The molecule has 8 heteroatoms. The zero-order chi connectivity index (χ0) is 20.4. The number of fused-ring (bicyclic) bond motifs is 1. The van der Waals surface area contributed by atoms with Gasteiger partial charge in [0, 0.05) is 32.1 Å². The normalized spacial score (nSPS) is 20.0. The second kappa shape index (κ2) is 8.41. The van der Waals surface area contributed by atoms with Crippen molar-refractivity contribution in [3.63, 3.8) is 0 Å². The van der Waals surface area contributed by atoms with Crippen LogP contribution in [0.4, 0.5) is 8.78 Å². The molecular formula is C21H23F2N3O3. The van der Waals surface area contributed by atoms with E-state index in [0.717, 1.165) is 30.0 Å². The number of ether oxygens (including phenoxy) is 1. The molecule has 29 heavy (non-hydrogen) atoms. The van der Waals surface area contributed by atoms with E-state index < -0.39 is 23.8 Å². The van der Waals surface area contributed by atoms with Gasteiger partial charge < -0.3 is 9.64 Å². The first-order valence-electron chi connectivity index (χ1n) is 9.83. The van der Waals surface area contributed by atoms with Crippen LogP contribution in [0.5, 0.6) is 0 Å². The van der Waals surface area contributed by atoms with Crippen molar-refractivity contribution in [3.05, 3.63) is 63.8 Å². The lowest BCUT2D eigenvalue weighted by atomic mass is 9.94. The number of likely N-dealkylation sites (tertiary alicyclic amines) is 1. The van der Waals surface area contributed by atoms with Crippen LogP contribution in [-0.4, -0.2) is 39.6 Å². The van der Waals surface area contributed by atoms with Crippen LogP contribution in [0.3, 0.4) is 0 Å². The largest absolute Gasteiger partial charge is 0.363 e. The Bertz CT molecular complexity index is 939. The van der Waals surface area contributed by atoms with Crippen LogP contribution in [0.2, 0.25) is 0 Å². The van der Waals surface area contributed by atoms with E-state index >= 15 is 0 Å². The summed E-state index contributed by atoms with van der Waals surface area (Å²) in [6.45, 7) is 2.07. The van der Waals surface area contributed by atoms with E-state index in [-0.39, 0.29) is 11.8 Å². The second-order valence-corrected chi connectivity index (χ2v) is 7.65. The average molecular weight is 403 g/mol. The van der Waals surface area contributed by atoms with Gasteiger partial charge in [0.1, 0.15) is 11.8 Å². The Labute approximate surface area is 167 Å². The maximum atomic E-state index is 12.8. The van der Waals surface area contributed by atoms with Crippen LogP contribution in [0, 0.1) is 5.92 Å². The Morgan fingerprint density at radius 1 is 1.21 bits per heavy atom. The molecule has 0 radical (unpaired) electrons. The Morgan fingerprint density at radius 3 is 2.62 bits per heavy atom. The number of piperidine rings is 1. The zero-order valence-electron chi connectivity index (χ0n) is 16.0. The number of carbonyl (C=O) groups excluding carboxylic acids is 1. The molecule has 1 aromatic carbocycles. The van der Waals surface area contributed by atoms with Crippen molar-refractivity contribution in [2.75, 3.05) is 13.1 Å². The molecule has 2 aliphatic heterocycles. The molecule has 0 bridgehead atoms. The summed E-state index contributed by atoms with van der Waals surface area (Å²) in [6.07, 6.45) is 0.0767. The molecule has 2 aromatic rings. The van der Waals surface area contributed by atoms with E-state index in [1.807, 2.05) is 29.2 Å². The first-order valence-corrected chi connectivity index (χ1v) is 9.83. The lowest BCUT2D eigenvalue weighted by Crippen LogP contribution is -2.47. The summed E-state index contributed by atoms with van der Waals surface area (Å²) < 4.78 is 32.4. The summed E-state index contributed by atoms with van der Waals surface area (Å²) in [4.78, 5) is 30.3. The SMILES string of the molecule is O=C(C1Cc2ccccc2CO1)N1CCC(Cn2cnc(C(F)F)cc2=O)CC1. The molecule has 1 saturated heterocycles. The van der Waals surface area contributed by atoms with Gasteiger partial charge in [-0.1, -0.05) is 24.3 Å². The van der Waals surface area contributed by atoms with Gasteiger partial charge in [0.2, 0.25) is 0 Å². The Kier molecular flexibility index (Phi) is 5.71. The highest BCUT2D eigenvalue weighted by atomic mass is 19.3. The van der Waals surface area contributed by atoms with Gasteiger partial charge in [0.05, 0.1) is 12.9 Å². The number of aromatic nitrogens is 2. The molecule has 4 rings (SSSR count). The number of hydrogen-bond acceptors (Lipinski definition) is 4. The molecule has 6 nitrogen and oxygen atoms in total. The van der Waals surface area contributed by atoms with Crippen molar-refractivity contribution in [1.82, 2.24) is 14.5 Å². The van der Waals surface area contributed by atoms with E-state index in [2.05, 4.69) is 4.98 Å². The summed E-state index contributed by atoms with van der Waals surface area (Å²) in [6, 6.07) is 8.89. The summed E-state index contributed by atoms with van der Waals surface area (Å²) >= 11 is 0. The molecule has 1 atom stereocenters. The minimum atomic E-state index is -2.75.